The number of rotatable bonds is 3. The average molecular weight is 199 g/mol. The van der Waals surface area contributed by atoms with E-state index in [0.29, 0.717) is 11.8 Å². The van der Waals surface area contributed by atoms with Crippen LogP contribution in [0.2, 0.25) is 0 Å². The summed E-state index contributed by atoms with van der Waals surface area (Å²) in [5.41, 5.74) is 0.139. The minimum atomic E-state index is -0.491. The average Bonchev–Trinajstić information content (AvgIpc) is 2.18. The molecule has 13 heavy (non-hydrogen) atoms. The fraction of sp³-hybridized carbons (Fsp3) is 0.429. The number of carbonyl (C=O) groups excluding carboxylic acids is 1. The second kappa shape index (κ2) is 4.76. The highest BCUT2D eigenvalue weighted by Gasteiger charge is 2.08. The first-order valence-electron chi connectivity index (χ1n) is 3.68. The lowest BCUT2D eigenvalue weighted by Crippen LogP contribution is -2.09. The maximum Gasteiger partial charge on any atom is 0.360 e. The summed E-state index contributed by atoms with van der Waals surface area (Å²) in [4.78, 5) is 15.0. The number of hydrogen-bond acceptors (Lipinski definition) is 6. The molecule has 0 aliphatic rings. The van der Waals surface area contributed by atoms with E-state index in [-0.39, 0.29) is 5.69 Å². The Balaban J connectivity index is 2.74. The van der Waals surface area contributed by atoms with Gasteiger partial charge in [0.05, 0.1) is 12.8 Å². The molecule has 1 rings (SSSR count). The molecule has 70 valence electrons. The third-order valence-corrected chi connectivity index (χ3v) is 1.76. The van der Waals surface area contributed by atoms with Gasteiger partial charge < -0.3 is 4.74 Å². The first kappa shape index (κ1) is 9.91. The van der Waals surface area contributed by atoms with Crippen molar-refractivity contribution in [1.82, 2.24) is 15.2 Å². The van der Waals surface area contributed by atoms with Crippen molar-refractivity contribution in [3.05, 3.63) is 11.9 Å². The van der Waals surface area contributed by atoms with Gasteiger partial charge in [0.1, 0.15) is 0 Å². The molecule has 1 heterocycles. The summed E-state index contributed by atoms with van der Waals surface area (Å²) in [7, 11) is 0. The molecular weight excluding hydrogens is 190 g/mol. The maximum absolute atomic E-state index is 11.1. The Hall–Kier alpha value is -1.17. The molecule has 0 radical (unpaired) electrons. The highest BCUT2D eigenvalue weighted by Crippen LogP contribution is 2.05. The topological polar surface area (TPSA) is 65.0 Å². The molecule has 0 unspecified atom stereocenters. The second-order valence-electron chi connectivity index (χ2n) is 2.05. The van der Waals surface area contributed by atoms with Crippen LogP contribution >= 0.6 is 11.8 Å². The monoisotopic (exact) mass is 199 g/mol. The minimum absolute atomic E-state index is 0.139. The summed E-state index contributed by atoms with van der Waals surface area (Å²) < 4.78 is 4.71. The molecular formula is C7H9N3O2S. The van der Waals surface area contributed by atoms with Gasteiger partial charge in [0, 0.05) is 0 Å². The largest absolute Gasteiger partial charge is 0.461 e. The quantitative estimate of drug-likeness (QED) is 0.529. The number of ether oxygens (including phenoxy) is 1. The Morgan fingerprint density at radius 1 is 1.62 bits per heavy atom. The Morgan fingerprint density at radius 3 is 2.85 bits per heavy atom. The van der Waals surface area contributed by atoms with Crippen LogP contribution in [-0.4, -0.2) is 34.0 Å². The van der Waals surface area contributed by atoms with E-state index in [2.05, 4.69) is 15.2 Å². The lowest BCUT2D eigenvalue weighted by molar-refractivity contribution is 0.0517. The summed E-state index contributed by atoms with van der Waals surface area (Å²) in [6.45, 7) is 2.06. The molecule has 0 fully saturated rings. The first-order chi connectivity index (χ1) is 6.27. The van der Waals surface area contributed by atoms with Crippen molar-refractivity contribution in [2.75, 3.05) is 12.9 Å². The van der Waals surface area contributed by atoms with Crippen molar-refractivity contribution in [2.24, 2.45) is 0 Å². The van der Waals surface area contributed by atoms with E-state index in [9.17, 15) is 4.79 Å². The molecule has 0 N–H and O–H groups in total. The van der Waals surface area contributed by atoms with Gasteiger partial charge in [-0.25, -0.2) is 9.78 Å². The number of thioether (sulfide) groups is 1. The normalized spacial score (nSPS) is 9.69. The zero-order chi connectivity index (χ0) is 9.68. The molecule has 0 saturated heterocycles. The van der Waals surface area contributed by atoms with Crippen molar-refractivity contribution in [3.8, 4) is 0 Å². The van der Waals surface area contributed by atoms with E-state index >= 15 is 0 Å². The molecule has 0 aliphatic heterocycles. The molecule has 1 aromatic heterocycles. The summed E-state index contributed by atoms with van der Waals surface area (Å²) in [5.74, 6) is -0.491. The summed E-state index contributed by atoms with van der Waals surface area (Å²) in [5, 5.41) is 7.90. The van der Waals surface area contributed by atoms with Crippen LogP contribution in [0.15, 0.2) is 11.4 Å². The highest BCUT2D eigenvalue weighted by atomic mass is 32.2. The number of esters is 1. The van der Waals surface area contributed by atoms with Gasteiger partial charge in [-0.1, -0.05) is 11.8 Å². The summed E-state index contributed by atoms with van der Waals surface area (Å²) in [6.07, 6.45) is 3.19. The lowest BCUT2D eigenvalue weighted by Gasteiger charge is -1.99. The molecule has 0 atom stereocenters. The van der Waals surface area contributed by atoms with E-state index in [1.54, 1.807) is 6.92 Å². The van der Waals surface area contributed by atoms with E-state index < -0.39 is 5.97 Å². The van der Waals surface area contributed by atoms with E-state index in [1.807, 2.05) is 6.26 Å². The molecule has 1 aromatic rings. The van der Waals surface area contributed by atoms with Crippen molar-refractivity contribution in [3.63, 3.8) is 0 Å². The molecule has 6 heteroatoms. The van der Waals surface area contributed by atoms with Gasteiger partial charge in [-0.05, 0) is 13.2 Å². The minimum Gasteiger partial charge on any atom is -0.461 e. The van der Waals surface area contributed by atoms with Crippen molar-refractivity contribution in [2.45, 2.75) is 12.1 Å². The molecule has 0 bridgehead atoms. The first-order valence-corrected chi connectivity index (χ1v) is 4.91. The molecule has 0 amide bonds. The summed E-state index contributed by atoms with van der Waals surface area (Å²) in [6, 6.07) is 0. The summed E-state index contributed by atoms with van der Waals surface area (Å²) >= 11 is 1.37. The van der Waals surface area contributed by atoms with Crippen LogP contribution < -0.4 is 0 Å². The molecule has 0 aromatic carbocycles. The van der Waals surface area contributed by atoms with E-state index in [0.717, 1.165) is 0 Å². The molecule has 0 aliphatic carbocycles. The van der Waals surface area contributed by atoms with Crippen LogP contribution in [-0.2, 0) is 4.74 Å². The van der Waals surface area contributed by atoms with Crippen LogP contribution in [0.5, 0.6) is 0 Å². The number of nitrogens with zero attached hydrogens (tertiary/aromatic N) is 3. The third kappa shape index (κ3) is 2.66. The third-order valence-electron chi connectivity index (χ3n) is 1.21. The van der Waals surface area contributed by atoms with Crippen LogP contribution in [0.4, 0.5) is 0 Å². The van der Waals surface area contributed by atoms with Crippen molar-refractivity contribution < 1.29 is 9.53 Å². The lowest BCUT2D eigenvalue weighted by atomic mass is 10.5. The van der Waals surface area contributed by atoms with Gasteiger partial charge in [0.25, 0.3) is 0 Å². The van der Waals surface area contributed by atoms with E-state index in [4.69, 9.17) is 4.74 Å². The number of aromatic nitrogens is 3. The maximum atomic E-state index is 11.1. The smallest absolute Gasteiger partial charge is 0.360 e. The van der Waals surface area contributed by atoms with Crippen LogP contribution in [0, 0.1) is 0 Å². The zero-order valence-electron chi connectivity index (χ0n) is 7.35. The SMILES string of the molecule is CCOC(=O)c1cnc(SC)nn1. The van der Waals surface area contributed by atoms with Gasteiger partial charge in [-0.2, -0.15) is 0 Å². The highest BCUT2D eigenvalue weighted by molar-refractivity contribution is 7.98. The van der Waals surface area contributed by atoms with Gasteiger partial charge in [0.2, 0.25) is 5.16 Å². The molecule has 0 saturated carbocycles. The number of carbonyl (C=O) groups is 1. The van der Waals surface area contributed by atoms with Crippen LogP contribution in [0.3, 0.4) is 0 Å². The van der Waals surface area contributed by atoms with Crippen molar-refractivity contribution in [1.29, 1.82) is 0 Å². The fourth-order valence-corrected chi connectivity index (χ4v) is 0.937. The van der Waals surface area contributed by atoms with Gasteiger partial charge in [0.15, 0.2) is 5.69 Å². The second-order valence-corrected chi connectivity index (χ2v) is 2.82. The zero-order valence-corrected chi connectivity index (χ0v) is 8.17. The molecule has 5 nitrogen and oxygen atoms in total. The van der Waals surface area contributed by atoms with E-state index in [1.165, 1.54) is 18.0 Å². The Morgan fingerprint density at radius 2 is 2.38 bits per heavy atom. The fourth-order valence-electron chi connectivity index (χ4n) is 0.657. The Kier molecular flexibility index (Phi) is 3.63. The number of hydrogen-bond donors (Lipinski definition) is 0. The predicted molar refractivity (Wildman–Crippen MR) is 47.6 cm³/mol. The van der Waals surface area contributed by atoms with Crippen molar-refractivity contribution >= 4 is 17.7 Å². The van der Waals surface area contributed by atoms with Gasteiger partial charge in [-0.3, -0.25) is 0 Å². The van der Waals surface area contributed by atoms with Crippen LogP contribution in [0.1, 0.15) is 17.4 Å². The van der Waals surface area contributed by atoms with Crippen LogP contribution in [0.25, 0.3) is 0 Å². The standard InChI is InChI=1S/C7H9N3O2S/c1-3-12-6(11)5-4-8-7(13-2)10-9-5/h4H,3H2,1-2H3. The molecule has 0 spiro atoms. The van der Waals surface area contributed by atoms with Gasteiger partial charge in [-0.15, -0.1) is 10.2 Å². The van der Waals surface area contributed by atoms with Gasteiger partial charge >= 0.3 is 5.97 Å². The predicted octanol–water partition coefficient (Wildman–Crippen LogP) is 0.770. The Bertz CT molecular complexity index is 288. The Labute approximate surface area is 79.9 Å².